The van der Waals surface area contributed by atoms with Gasteiger partial charge in [-0.1, -0.05) is 42.3 Å². The molecule has 1 heterocycles. The van der Waals surface area contributed by atoms with Crippen LogP contribution in [-0.2, 0) is 11.3 Å². The summed E-state index contributed by atoms with van der Waals surface area (Å²) in [6.07, 6.45) is 0. The molecule has 1 unspecified atom stereocenters. The van der Waals surface area contributed by atoms with Gasteiger partial charge in [-0.3, -0.25) is 9.69 Å². The molecule has 2 rings (SSSR count). The second-order valence-corrected chi connectivity index (χ2v) is 5.58. The highest BCUT2D eigenvalue weighted by molar-refractivity contribution is 6.42. The third kappa shape index (κ3) is 2.79. The summed E-state index contributed by atoms with van der Waals surface area (Å²) in [7, 11) is 0. The average Bonchev–Trinajstić information content (AvgIpc) is 2.27. The number of benzene rings is 1. The fourth-order valence-corrected chi connectivity index (χ4v) is 2.55. The Balaban J connectivity index is 1.91. The third-order valence-corrected chi connectivity index (χ3v) is 4.37. The normalized spacial score (nSPS) is 18.4. The lowest BCUT2D eigenvalue weighted by atomic mass is 9.87. The fourth-order valence-electron chi connectivity index (χ4n) is 2.17. The minimum Gasteiger partial charge on any atom is -0.481 e. The van der Waals surface area contributed by atoms with Gasteiger partial charge < -0.3 is 5.11 Å². The first-order valence-electron chi connectivity index (χ1n) is 5.87. The molecule has 0 aliphatic carbocycles. The SMILES string of the molecule is CC(C(=O)O)C1CN(Cc2cccc(Cl)c2Cl)C1. The molecular formula is C13H15Cl2NO2. The van der Waals surface area contributed by atoms with Crippen LogP contribution >= 0.6 is 23.2 Å². The summed E-state index contributed by atoms with van der Waals surface area (Å²) in [5.41, 5.74) is 0.991. The first-order chi connectivity index (χ1) is 8.49. The number of halogens is 2. The largest absolute Gasteiger partial charge is 0.481 e. The van der Waals surface area contributed by atoms with E-state index in [1.807, 2.05) is 12.1 Å². The Bertz CT molecular complexity index is 458. The van der Waals surface area contributed by atoms with Crippen LogP contribution in [0.4, 0.5) is 0 Å². The fraction of sp³-hybridized carbons (Fsp3) is 0.462. The van der Waals surface area contributed by atoms with Gasteiger partial charge in [-0.25, -0.2) is 0 Å². The van der Waals surface area contributed by atoms with Crippen molar-refractivity contribution in [2.45, 2.75) is 13.5 Å². The molecule has 1 aromatic carbocycles. The van der Waals surface area contributed by atoms with Crippen molar-refractivity contribution in [1.82, 2.24) is 4.90 Å². The minimum absolute atomic E-state index is 0.237. The third-order valence-electron chi connectivity index (χ3n) is 3.51. The smallest absolute Gasteiger partial charge is 0.306 e. The lowest BCUT2D eigenvalue weighted by Gasteiger charge is -2.41. The van der Waals surface area contributed by atoms with Crippen LogP contribution < -0.4 is 0 Å². The molecule has 1 fully saturated rings. The zero-order valence-corrected chi connectivity index (χ0v) is 11.6. The summed E-state index contributed by atoms with van der Waals surface area (Å²) in [6, 6.07) is 5.58. The molecular weight excluding hydrogens is 273 g/mol. The van der Waals surface area contributed by atoms with E-state index in [1.54, 1.807) is 13.0 Å². The Labute approximate surface area is 116 Å². The Morgan fingerprint density at radius 3 is 2.78 bits per heavy atom. The Hall–Kier alpha value is -0.770. The Kier molecular flexibility index (Phi) is 4.15. The van der Waals surface area contributed by atoms with E-state index in [2.05, 4.69) is 4.90 Å². The molecule has 1 aliphatic heterocycles. The molecule has 1 atom stereocenters. The first kappa shape index (κ1) is 13.7. The molecule has 0 bridgehead atoms. The molecule has 0 saturated carbocycles. The number of nitrogens with zero attached hydrogens (tertiary/aromatic N) is 1. The molecule has 5 heteroatoms. The van der Waals surface area contributed by atoms with Gasteiger partial charge in [-0.15, -0.1) is 0 Å². The number of rotatable bonds is 4. The Morgan fingerprint density at radius 1 is 1.50 bits per heavy atom. The first-order valence-corrected chi connectivity index (χ1v) is 6.62. The summed E-state index contributed by atoms with van der Waals surface area (Å²) in [5.74, 6) is -0.767. The number of hydrogen-bond donors (Lipinski definition) is 1. The van der Waals surface area contributed by atoms with Crippen LogP contribution in [0.3, 0.4) is 0 Å². The predicted molar refractivity (Wildman–Crippen MR) is 72.0 cm³/mol. The summed E-state index contributed by atoms with van der Waals surface area (Å²) in [4.78, 5) is 13.0. The topological polar surface area (TPSA) is 40.5 Å². The van der Waals surface area contributed by atoms with Gasteiger partial charge in [0.15, 0.2) is 0 Å². The van der Waals surface area contributed by atoms with Gasteiger partial charge in [0, 0.05) is 19.6 Å². The minimum atomic E-state index is -0.722. The number of hydrogen-bond acceptors (Lipinski definition) is 2. The van der Waals surface area contributed by atoms with E-state index in [0.29, 0.717) is 10.0 Å². The van der Waals surface area contributed by atoms with Crippen LogP contribution in [-0.4, -0.2) is 29.1 Å². The number of carboxylic acids is 1. The van der Waals surface area contributed by atoms with Gasteiger partial charge in [0.1, 0.15) is 0 Å². The van der Waals surface area contributed by atoms with Crippen LogP contribution in [0.5, 0.6) is 0 Å². The molecule has 18 heavy (non-hydrogen) atoms. The van der Waals surface area contributed by atoms with Crippen molar-refractivity contribution in [3.8, 4) is 0 Å². The standard InChI is InChI=1S/C13H15Cl2NO2/c1-8(13(17)18)10-6-16(7-10)5-9-3-2-4-11(14)12(9)15/h2-4,8,10H,5-7H2,1H3,(H,17,18). The molecule has 1 aliphatic rings. The van der Waals surface area contributed by atoms with Crippen LogP contribution in [0.2, 0.25) is 10.0 Å². The van der Waals surface area contributed by atoms with Crippen molar-refractivity contribution in [2.24, 2.45) is 11.8 Å². The lowest BCUT2D eigenvalue weighted by molar-refractivity contribution is -0.145. The van der Waals surface area contributed by atoms with Gasteiger partial charge in [-0.2, -0.15) is 0 Å². The van der Waals surface area contributed by atoms with E-state index in [-0.39, 0.29) is 11.8 Å². The summed E-state index contributed by atoms with van der Waals surface area (Å²) >= 11 is 12.1. The van der Waals surface area contributed by atoms with Crippen LogP contribution in [0.15, 0.2) is 18.2 Å². The molecule has 1 aromatic rings. The number of aliphatic carboxylic acids is 1. The van der Waals surface area contributed by atoms with Gasteiger partial charge in [0.2, 0.25) is 0 Å². The van der Waals surface area contributed by atoms with Crippen molar-refractivity contribution >= 4 is 29.2 Å². The molecule has 0 amide bonds. The highest BCUT2D eigenvalue weighted by Crippen LogP contribution is 2.30. The van der Waals surface area contributed by atoms with Gasteiger partial charge >= 0.3 is 5.97 Å². The monoisotopic (exact) mass is 287 g/mol. The quantitative estimate of drug-likeness (QED) is 0.925. The van der Waals surface area contributed by atoms with E-state index in [9.17, 15) is 4.79 Å². The van der Waals surface area contributed by atoms with E-state index in [0.717, 1.165) is 25.2 Å². The van der Waals surface area contributed by atoms with Crippen LogP contribution in [0.25, 0.3) is 0 Å². The van der Waals surface area contributed by atoms with E-state index in [4.69, 9.17) is 28.3 Å². The Morgan fingerprint density at radius 2 is 2.17 bits per heavy atom. The number of likely N-dealkylation sites (tertiary alicyclic amines) is 1. The number of carboxylic acid groups (broad SMARTS) is 1. The highest BCUT2D eigenvalue weighted by Gasteiger charge is 2.34. The second-order valence-electron chi connectivity index (χ2n) is 4.79. The maximum atomic E-state index is 10.8. The number of carbonyl (C=O) groups is 1. The van der Waals surface area contributed by atoms with Crippen molar-refractivity contribution in [3.05, 3.63) is 33.8 Å². The van der Waals surface area contributed by atoms with E-state index < -0.39 is 5.97 Å². The molecule has 1 N–H and O–H groups in total. The summed E-state index contributed by atoms with van der Waals surface area (Å²) in [6.45, 7) is 4.09. The van der Waals surface area contributed by atoms with Crippen molar-refractivity contribution in [2.75, 3.05) is 13.1 Å². The molecule has 0 aromatic heterocycles. The highest BCUT2D eigenvalue weighted by atomic mass is 35.5. The maximum Gasteiger partial charge on any atom is 0.306 e. The summed E-state index contributed by atoms with van der Waals surface area (Å²) in [5, 5.41) is 10.1. The molecule has 3 nitrogen and oxygen atoms in total. The summed E-state index contributed by atoms with van der Waals surface area (Å²) < 4.78 is 0. The average molecular weight is 288 g/mol. The zero-order valence-electron chi connectivity index (χ0n) is 10.1. The van der Waals surface area contributed by atoms with Gasteiger partial charge in [0.05, 0.1) is 16.0 Å². The molecule has 0 radical (unpaired) electrons. The van der Waals surface area contributed by atoms with Crippen molar-refractivity contribution < 1.29 is 9.90 Å². The predicted octanol–water partition coefficient (Wildman–Crippen LogP) is 3.15. The molecule has 98 valence electrons. The van der Waals surface area contributed by atoms with Gasteiger partial charge in [0.25, 0.3) is 0 Å². The van der Waals surface area contributed by atoms with Crippen LogP contribution in [0.1, 0.15) is 12.5 Å². The molecule has 0 spiro atoms. The van der Waals surface area contributed by atoms with Crippen molar-refractivity contribution in [1.29, 1.82) is 0 Å². The lowest BCUT2D eigenvalue weighted by Crippen LogP contribution is -2.50. The van der Waals surface area contributed by atoms with Gasteiger partial charge in [-0.05, 0) is 17.5 Å². The second kappa shape index (κ2) is 5.47. The maximum absolute atomic E-state index is 10.8. The van der Waals surface area contributed by atoms with E-state index >= 15 is 0 Å². The zero-order chi connectivity index (χ0) is 13.3. The molecule has 1 saturated heterocycles. The van der Waals surface area contributed by atoms with E-state index in [1.165, 1.54) is 0 Å². The van der Waals surface area contributed by atoms with Crippen molar-refractivity contribution in [3.63, 3.8) is 0 Å². The van der Waals surface area contributed by atoms with Crippen LogP contribution in [0, 0.1) is 11.8 Å².